The van der Waals surface area contributed by atoms with Crippen molar-refractivity contribution in [3.63, 3.8) is 0 Å². The van der Waals surface area contributed by atoms with E-state index in [0.717, 1.165) is 6.92 Å². The van der Waals surface area contributed by atoms with Gasteiger partial charge in [0.2, 0.25) is 5.92 Å². The molecule has 0 saturated carbocycles. The van der Waals surface area contributed by atoms with Crippen LogP contribution in [-0.2, 0) is 0 Å². The van der Waals surface area contributed by atoms with E-state index in [1.165, 1.54) is 20.8 Å². The van der Waals surface area contributed by atoms with Crippen molar-refractivity contribution in [2.75, 3.05) is 0 Å². The van der Waals surface area contributed by atoms with Gasteiger partial charge in [-0.15, -0.1) is 0 Å². The van der Waals surface area contributed by atoms with E-state index in [1.807, 2.05) is 0 Å². The molecule has 0 amide bonds. The molecular formula is C10H19F3. The van der Waals surface area contributed by atoms with Crippen molar-refractivity contribution in [2.45, 2.75) is 52.6 Å². The normalized spacial score (nSPS) is 18.5. The fourth-order valence-electron chi connectivity index (χ4n) is 1.02. The predicted molar refractivity (Wildman–Crippen MR) is 48.8 cm³/mol. The Labute approximate surface area is 78.5 Å². The Morgan fingerprint density at radius 2 is 1.31 bits per heavy atom. The zero-order valence-electron chi connectivity index (χ0n) is 9.00. The lowest BCUT2D eigenvalue weighted by molar-refractivity contribution is -0.0481. The van der Waals surface area contributed by atoms with E-state index in [1.54, 1.807) is 6.92 Å². The third-order valence-electron chi connectivity index (χ3n) is 2.74. The molecule has 0 nitrogen and oxygen atoms in total. The molecule has 0 spiro atoms. The van der Waals surface area contributed by atoms with E-state index in [4.69, 9.17) is 0 Å². The van der Waals surface area contributed by atoms with Gasteiger partial charge < -0.3 is 0 Å². The highest BCUT2D eigenvalue weighted by Gasteiger charge is 2.35. The summed E-state index contributed by atoms with van der Waals surface area (Å²) in [4.78, 5) is 0. The summed E-state index contributed by atoms with van der Waals surface area (Å²) in [5, 5.41) is 0. The van der Waals surface area contributed by atoms with Gasteiger partial charge in [-0.1, -0.05) is 13.8 Å². The van der Waals surface area contributed by atoms with Crippen LogP contribution in [0.15, 0.2) is 0 Å². The molecule has 0 rings (SSSR count). The number of halogens is 3. The van der Waals surface area contributed by atoms with Gasteiger partial charge in [-0.3, -0.25) is 0 Å². The number of alkyl halides is 3. The van der Waals surface area contributed by atoms with Gasteiger partial charge in [0.15, 0.2) is 0 Å². The molecule has 0 aliphatic heterocycles. The minimum absolute atomic E-state index is 0.215. The molecule has 0 aliphatic carbocycles. The van der Waals surface area contributed by atoms with E-state index in [0.29, 0.717) is 0 Å². The molecule has 0 fully saturated rings. The highest BCUT2D eigenvalue weighted by Crippen LogP contribution is 2.33. The summed E-state index contributed by atoms with van der Waals surface area (Å²) in [6, 6.07) is 0. The Morgan fingerprint density at radius 3 is 1.54 bits per heavy atom. The van der Waals surface area contributed by atoms with Crippen LogP contribution in [-0.4, -0.2) is 11.6 Å². The molecule has 2 atom stereocenters. The van der Waals surface area contributed by atoms with E-state index in [9.17, 15) is 13.2 Å². The standard InChI is InChI=1S/C10H19F3/c1-7(9(3,4)11)6-8(2)10(5,12)13/h7-8H,6H2,1-5H3. The average Bonchev–Trinajstić information content (AvgIpc) is 1.82. The second kappa shape index (κ2) is 3.89. The van der Waals surface area contributed by atoms with Crippen LogP contribution in [0.3, 0.4) is 0 Å². The molecule has 0 heterocycles. The molecule has 0 aromatic carbocycles. The van der Waals surface area contributed by atoms with Crippen LogP contribution in [0.4, 0.5) is 13.2 Å². The molecule has 3 heteroatoms. The molecule has 13 heavy (non-hydrogen) atoms. The van der Waals surface area contributed by atoms with Gasteiger partial charge in [0.05, 0.1) is 0 Å². The van der Waals surface area contributed by atoms with Gasteiger partial charge >= 0.3 is 0 Å². The SMILES string of the molecule is CC(CC(C)C(C)(F)F)C(C)(C)F. The van der Waals surface area contributed by atoms with Gasteiger partial charge in [-0.05, 0) is 33.1 Å². The van der Waals surface area contributed by atoms with Crippen LogP contribution in [0.2, 0.25) is 0 Å². The lowest BCUT2D eigenvalue weighted by Gasteiger charge is -2.28. The molecule has 2 unspecified atom stereocenters. The smallest absolute Gasteiger partial charge is 0.244 e. The summed E-state index contributed by atoms with van der Waals surface area (Å²) in [6.45, 7) is 6.87. The van der Waals surface area contributed by atoms with Gasteiger partial charge in [0.25, 0.3) is 0 Å². The topological polar surface area (TPSA) is 0 Å². The fraction of sp³-hybridized carbons (Fsp3) is 1.00. The van der Waals surface area contributed by atoms with E-state index >= 15 is 0 Å². The van der Waals surface area contributed by atoms with E-state index < -0.39 is 17.5 Å². The Hall–Kier alpha value is -0.210. The highest BCUT2D eigenvalue weighted by atomic mass is 19.3. The largest absolute Gasteiger partial charge is 0.247 e. The lowest BCUT2D eigenvalue weighted by atomic mass is 9.84. The van der Waals surface area contributed by atoms with Gasteiger partial charge in [-0.2, -0.15) is 0 Å². The summed E-state index contributed by atoms with van der Waals surface area (Å²) in [5.41, 5.74) is -1.38. The van der Waals surface area contributed by atoms with Crippen LogP contribution in [0.1, 0.15) is 41.0 Å². The van der Waals surface area contributed by atoms with Crippen LogP contribution in [0.25, 0.3) is 0 Å². The first-order chi connectivity index (χ1) is 5.55. The summed E-state index contributed by atoms with van der Waals surface area (Å²) in [7, 11) is 0. The van der Waals surface area contributed by atoms with Crippen molar-refractivity contribution in [1.82, 2.24) is 0 Å². The zero-order chi connectivity index (χ0) is 10.9. The van der Waals surface area contributed by atoms with Crippen molar-refractivity contribution < 1.29 is 13.2 Å². The first-order valence-electron chi connectivity index (χ1n) is 4.62. The predicted octanol–water partition coefficient (Wildman–Crippen LogP) is 4.05. The summed E-state index contributed by atoms with van der Waals surface area (Å²) in [6.07, 6.45) is 0.215. The molecule has 80 valence electrons. The van der Waals surface area contributed by atoms with E-state index in [-0.39, 0.29) is 12.3 Å². The lowest BCUT2D eigenvalue weighted by Crippen LogP contribution is -2.30. The first-order valence-corrected chi connectivity index (χ1v) is 4.62. The Bertz CT molecular complexity index is 135. The average molecular weight is 196 g/mol. The molecule has 0 saturated heterocycles. The summed E-state index contributed by atoms with van der Waals surface area (Å²) >= 11 is 0. The second-order valence-corrected chi connectivity index (χ2v) is 4.56. The fourth-order valence-corrected chi connectivity index (χ4v) is 1.02. The van der Waals surface area contributed by atoms with Crippen molar-refractivity contribution in [3.05, 3.63) is 0 Å². The third-order valence-corrected chi connectivity index (χ3v) is 2.74. The Kier molecular flexibility index (Phi) is 3.82. The molecule has 0 aromatic rings. The molecule has 0 radical (unpaired) electrons. The first kappa shape index (κ1) is 12.8. The monoisotopic (exact) mass is 196 g/mol. The minimum atomic E-state index is -2.71. The summed E-state index contributed by atoms with van der Waals surface area (Å²) in [5.74, 6) is -3.81. The Morgan fingerprint density at radius 1 is 0.923 bits per heavy atom. The van der Waals surface area contributed by atoms with Crippen molar-refractivity contribution in [2.24, 2.45) is 11.8 Å². The van der Waals surface area contributed by atoms with E-state index in [2.05, 4.69) is 0 Å². The molecule has 0 bridgehead atoms. The quantitative estimate of drug-likeness (QED) is 0.636. The molecule has 0 N–H and O–H groups in total. The van der Waals surface area contributed by atoms with Crippen LogP contribution in [0, 0.1) is 11.8 Å². The molecular weight excluding hydrogens is 177 g/mol. The maximum atomic E-state index is 13.3. The third kappa shape index (κ3) is 4.53. The van der Waals surface area contributed by atoms with Gasteiger partial charge in [0.1, 0.15) is 5.67 Å². The number of hydrogen-bond donors (Lipinski definition) is 0. The second-order valence-electron chi connectivity index (χ2n) is 4.56. The minimum Gasteiger partial charge on any atom is -0.244 e. The van der Waals surface area contributed by atoms with Crippen LogP contribution < -0.4 is 0 Å². The maximum absolute atomic E-state index is 13.3. The number of rotatable bonds is 4. The van der Waals surface area contributed by atoms with Crippen molar-refractivity contribution >= 4 is 0 Å². The summed E-state index contributed by atoms with van der Waals surface area (Å²) < 4.78 is 38.8. The molecule has 0 aromatic heterocycles. The van der Waals surface area contributed by atoms with Crippen LogP contribution >= 0.6 is 0 Å². The van der Waals surface area contributed by atoms with Crippen molar-refractivity contribution in [1.29, 1.82) is 0 Å². The zero-order valence-corrected chi connectivity index (χ0v) is 9.00. The van der Waals surface area contributed by atoms with Crippen molar-refractivity contribution in [3.8, 4) is 0 Å². The highest BCUT2D eigenvalue weighted by molar-refractivity contribution is 4.79. The molecule has 0 aliphatic rings. The van der Waals surface area contributed by atoms with Crippen LogP contribution in [0.5, 0.6) is 0 Å². The van der Waals surface area contributed by atoms with Gasteiger partial charge in [-0.25, -0.2) is 13.2 Å². The van der Waals surface area contributed by atoms with Gasteiger partial charge in [0, 0.05) is 5.92 Å². The maximum Gasteiger partial charge on any atom is 0.247 e. The number of hydrogen-bond acceptors (Lipinski definition) is 0. The Balaban J connectivity index is 4.15.